The van der Waals surface area contributed by atoms with Crippen molar-refractivity contribution in [3.8, 4) is 0 Å². The minimum atomic E-state index is -0.218. The number of nitrogens with one attached hydrogen (secondary N) is 3. The van der Waals surface area contributed by atoms with Gasteiger partial charge in [-0.3, -0.25) is 4.79 Å². The predicted octanol–water partition coefficient (Wildman–Crippen LogP) is 4.90. The van der Waals surface area contributed by atoms with E-state index in [0.29, 0.717) is 37.1 Å². The summed E-state index contributed by atoms with van der Waals surface area (Å²) < 4.78 is 6.30. The number of hydrogen-bond acceptors (Lipinski definition) is 4. The smallest absolute Gasteiger partial charge is 0.317 e. The fourth-order valence-corrected chi connectivity index (χ4v) is 5.92. The van der Waals surface area contributed by atoms with Crippen molar-refractivity contribution >= 4 is 23.5 Å². The molecule has 3 N–H and O–H groups in total. The molecule has 36 heavy (non-hydrogen) atoms. The highest BCUT2D eigenvalue weighted by Gasteiger charge is 2.32. The summed E-state index contributed by atoms with van der Waals surface area (Å²) in [5, 5.41) is 10.1. The Morgan fingerprint density at radius 3 is 2.69 bits per heavy atom. The highest BCUT2D eigenvalue weighted by Crippen LogP contribution is 2.34. The van der Waals surface area contributed by atoms with Gasteiger partial charge in [0.05, 0.1) is 12.7 Å². The number of rotatable bonds is 12. The van der Waals surface area contributed by atoms with Crippen molar-refractivity contribution in [3.05, 3.63) is 34.9 Å². The molecular weight excluding hydrogens is 476 g/mol. The molecule has 1 aromatic rings. The molecule has 1 unspecified atom stereocenters. The summed E-state index contributed by atoms with van der Waals surface area (Å²) in [4.78, 5) is 27.2. The second-order valence-electron chi connectivity index (χ2n) is 10.3. The van der Waals surface area contributed by atoms with Crippen LogP contribution in [0.1, 0.15) is 76.4 Å². The molecule has 1 aliphatic carbocycles. The fraction of sp³-hybridized carbons (Fsp3) is 0.714. The number of hydrogen-bond donors (Lipinski definition) is 3. The number of amides is 3. The zero-order valence-corrected chi connectivity index (χ0v) is 22.8. The number of likely N-dealkylation sites (tertiary alicyclic amines) is 1. The summed E-state index contributed by atoms with van der Waals surface area (Å²) >= 11 is 6.30. The van der Waals surface area contributed by atoms with Crippen LogP contribution in [0.3, 0.4) is 0 Å². The van der Waals surface area contributed by atoms with Crippen molar-refractivity contribution in [2.75, 3.05) is 39.8 Å². The molecule has 3 amide bonds. The van der Waals surface area contributed by atoms with Gasteiger partial charge in [0.1, 0.15) is 0 Å². The van der Waals surface area contributed by atoms with Crippen LogP contribution in [0.4, 0.5) is 4.79 Å². The average Bonchev–Trinajstić information content (AvgIpc) is 2.87. The Balaban J connectivity index is 1.63. The van der Waals surface area contributed by atoms with Crippen molar-refractivity contribution < 1.29 is 14.3 Å². The van der Waals surface area contributed by atoms with Crippen molar-refractivity contribution in [1.82, 2.24) is 20.9 Å². The number of carbonyl (C=O) groups is 2. The number of carbonyl (C=O) groups excluding carboxylic acids is 2. The molecule has 7 nitrogen and oxygen atoms in total. The largest absolute Gasteiger partial charge is 0.373 e. The molecule has 0 aromatic heterocycles. The fourth-order valence-electron chi connectivity index (χ4n) is 5.72. The van der Waals surface area contributed by atoms with Gasteiger partial charge in [-0.2, -0.15) is 0 Å². The highest BCUT2D eigenvalue weighted by atomic mass is 35.5. The first-order valence-electron chi connectivity index (χ1n) is 13.8. The Morgan fingerprint density at radius 1 is 1.17 bits per heavy atom. The van der Waals surface area contributed by atoms with Gasteiger partial charge in [0.25, 0.3) is 0 Å². The normalized spacial score (nSPS) is 20.5. The molecule has 8 heteroatoms. The third-order valence-corrected chi connectivity index (χ3v) is 7.71. The summed E-state index contributed by atoms with van der Waals surface area (Å²) in [6, 6.07) is 7.90. The molecule has 1 saturated heterocycles. The van der Waals surface area contributed by atoms with Gasteiger partial charge >= 0.3 is 6.03 Å². The number of likely N-dealkylation sites (N-methyl/N-ethyl adjacent to an activating group) is 1. The van der Waals surface area contributed by atoms with Gasteiger partial charge in [0.15, 0.2) is 0 Å². The monoisotopic (exact) mass is 520 g/mol. The number of ether oxygens (including phenoxy) is 1. The van der Waals surface area contributed by atoms with Crippen LogP contribution in [0.25, 0.3) is 0 Å². The maximum Gasteiger partial charge on any atom is 0.317 e. The van der Waals surface area contributed by atoms with Crippen LogP contribution < -0.4 is 16.0 Å². The summed E-state index contributed by atoms with van der Waals surface area (Å²) in [5.74, 6) is 0.829. The van der Waals surface area contributed by atoms with E-state index in [1.54, 1.807) is 0 Å². The Morgan fingerprint density at radius 2 is 1.97 bits per heavy atom. The topological polar surface area (TPSA) is 82.7 Å². The van der Waals surface area contributed by atoms with Gasteiger partial charge < -0.3 is 25.6 Å². The van der Waals surface area contributed by atoms with E-state index in [0.717, 1.165) is 37.9 Å². The maximum absolute atomic E-state index is 13.3. The van der Waals surface area contributed by atoms with E-state index in [4.69, 9.17) is 16.3 Å². The highest BCUT2D eigenvalue weighted by molar-refractivity contribution is 6.30. The molecule has 1 aromatic carbocycles. The lowest BCUT2D eigenvalue weighted by atomic mass is 9.85. The van der Waals surface area contributed by atoms with Gasteiger partial charge in [-0.05, 0) is 56.8 Å². The number of piperidine rings is 1. The summed E-state index contributed by atoms with van der Waals surface area (Å²) in [6.07, 6.45) is 9.53. The van der Waals surface area contributed by atoms with E-state index in [1.165, 1.54) is 32.1 Å². The van der Waals surface area contributed by atoms with Gasteiger partial charge in [0.2, 0.25) is 5.91 Å². The van der Waals surface area contributed by atoms with Gasteiger partial charge in [0, 0.05) is 49.6 Å². The van der Waals surface area contributed by atoms with Crippen LogP contribution in [0.2, 0.25) is 5.02 Å². The van der Waals surface area contributed by atoms with Crippen molar-refractivity contribution in [3.63, 3.8) is 0 Å². The lowest BCUT2D eigenvalue weighted by molar-refractivity contribution is -0.123. The Kier molecular flexibility index (Phi) is 12.3. The molecule has 2 fully saturated rings. The average molecular weight is 521 g/mol. The number of nitrogens with zero attached hydrogens (tertiary/aromatic N) is 1. The summed E-state index contributed by atoms with van der Waals surface area (Å²) in [5.41, 5.74) is 0.996. The van der Waals surface area contributed by atoms with Crippen LogP contribution in [0.5, 0.6) is 0 Å². The molecular formula is C28H45ClN4O3. The van der Waals surface area contributed by atoms with Gasteiger partial charge in [-0.1, -0.05) is 55.8 Å². The summed E-state index contributed by atoms with van der Waals surface area (Å²) in [7, 11) is 1.95. The molecule has 0 bridgehead atoms. The zero-order chi connectivity index (χ0) is 25.8. The third-order valence-electron chi connectivity index (χ3n) is 7.47. The minimum Gasteiger partial charge on any atom is -0.373 e. The van der Waals surface area contributed by atoms with E-state index < -0.39 is 0 Å². The molecule has 1 heterocycles. The lowest BCUT2D eigenvalue weighted by Gasteiger charge is -2.38. The molecule has 0 spiro atoms. The first-order valence-corrected chi connectivity index (χ1v) is 14.2. The van der Waals surface area contributed by atoms with Gasteiger partial charge in [-0.15, -0.1) is 0 Å². The van der Waals surface area contributed by atoms with Crippen LogP contribution in [0, 0.1) is 11.8 Å². The van der Waals surface area contributed by atoms with E-state index in [2.05, 4.69) is 16.0 Å². The number of benzene rings is 1. The quantitative estimate of drug-likeness (QED) is 0.366. The van der Waals surface area contributed by atoms with Crippen LogP contribution >= 0.6 is 11.6 Å². The number of urea groups is 1. The Labute approximate surface area is 222 Å². The van der Waals surface area contributed by atoms with Crippen molar-refractivity contribution in [1.29, 1.82) is 0 Å². The first-order chi connectivity index (χ1) is 17.5. The molecule has 202 valence electrons. The zero-order valence-electron chi connectivity index (χ0n) is 22.1. The predicted molar refractivity (Wildman–Crippen MR) is 145 cm³/mol. The minimum absolute atomic E-state index is 0.0134. The Bertz CT molecular complexity index is 818. The first kappa shape index (κ1) is 28.7. The molecule has 1 saturated carbocycles. The maximum atomic E-state index is 13.3. The Hall–Kier alpha value is -1.83. The summed E-state index contributed by atoms with van der Waals surface area (Å²) in [6.45, 7) is 5.01. The van der Waals surface area contributed by atoms with Crippen molar-refractivity contribution in [2.24, 2.45) is 11.8 Å². The van der Waals surface area contributed by atoms with Crippen LogP contribution in [0.15, 0.2) is 24.3 Å². The second-order valence-corrected chi connectivity index (χ2v) is 10.8. The van der Waals surface area contributed by atoms with E-state index >= 15 is 0 Å². The standard InChI is InChI=1S/C28H45ClN4O3/c1-3-31-26(34)14-16-36-27(22-11-7-13-24(29)18-22)23-12-8-15-33(20-23)28(35)32-25(19-30-2)17-21-9-5-4-6-10-21/h7,11,13,18,21,23,25,27,30H,3-6,8-10,12,14-17,19-20H2,1-2H3,(H,31,34)(H,32,35)/t23-,25+,27?/m1/s1. The molecule has 3 rings (SSSR count). The molecule has 0 radical (unpaired) electrons. The van der Waals surface area contributed by atoms with Crippen LogP contribution in [-0.2, 0) is 9.53 Å². The van der Waals surface area contributed by atoms with E-state index in [-0.39, 0.29) is 30.0 Å². The molecule has 1 aliphatic heterocycles. The van der Waals surface area contributed by atoms with E-state index in [1.807, 2.05) is 43.1 Å². The number of halogens is 1. The van der Waals surface area contributed by atoms with Crippen LogP contribution in [-0.4, -0.2) is 62.7 Å². The lowest BCUT2D eigenvalue weighted by Crippen LogP contribution is -2.52. The molecule has 2 aliphatic rings. The second kappa shape index (κ2) is 15.4. The third kappa shape index (κ3) is 9.24. The SMILES string of the molecule is CCNC(=O)CCOC(c1cccc(Cl)c1)[C@@H]1CCCN(C(=O)N[C@H](CNC)CC2CCCCC2)C1. The molecule has 3 atom stereocenters. The van der Waals surface area contributed by atoms with Gasteiger partial charge in [-0.25, -0.2) is 4.79 Å². The van der Waals surface area contributed by atoms with E-state index in [9.17, 15) is 9.59 Å². The van der Waals surface area contributed by atoms with Crippen molar-refractivity contribution in [2.45, 2.75) is 76.9 Å².